The van der Waals surface area contributed by atoms with Gasteiger partial charge in [0, 0.05) is 35.9 Å². The van der Waals surface area contributed by atoms with Crippen molar-refractivity contribution in [2.24, 2.45) is 0 Å². The Labute approximate surface area is 138 Å². The smallest absolute Gasteiger partial charge is 0.223 e. The van der Waals surface area contributed by atoms with Crippen molar-refractivity contribution in [2.45, 2.75) is 18.9 Å². The lowest BCUT2D eigenvalue weighted by Gasteiger charge is -2.23. The molecule has 0 radical (unpaired) electrons. The summed E-state index contributed by atoms with van der Waals surface area (Å²) >= 11 is 6.33. The van der Waals surface area contributed by atoms with Gasteiger partial charge in [0.2, 0.25) is 5.95 Å². The molecule has 23 heavy (non-hydrogen) atoms. The number of halogens is 1. The molecule has 118 valence electrons. The minimum Gasteiger partial charge on any atom is -0.350 e. The SMILES string of the molecule is Clc1cnc(N[C@H]2CCCNC2)nc1-c1c[nH]c2ncccc12. The number of anilines is 1. The number of aromatic amines is 1. The predicted molar refractivity (Wildman–Crippen MR) is 91.6 cm³/mol. The van der Waals surface area contributed by atoms with Crippen LogP contribution in [0.5, 0.6) is 0 Å². The third kappa shape index (κ3) is 2.87. The molecule has 4 heterocycles. The third-order valence-corrected chi connectivity index (χ3v) is 4.36. The van der Waals surface area contributed by atoms with Crippen LogP contribution in [0.15, 0.2) is 30.7 Å². The summed E-state index contributed by atoms with van der Waals surface area (Å²) in [4.78, 5) is 16.4. The number of pyridine rings is 1. The number of nitrogens with zero attached hydrogens (tertiary/aromatic N) is 3. The van der Waals surface area contributed by atoms with Gasteiger partial charge in [0.1, 0.15) is 5.65 Å². The van der Waals surface area contributed by atoms with Gasteiger partial charge in [0.05, 0.1) is 16.9 Å². The summed E-state index contributed by atoms with van der Waals surface area (Å²) in [5.41, 5.74) is 2.47. The first kappa shape index (κ1) is 14.4. The molecule has 0 aliphatic carbocycles. The predicted octanol–water partition coefficient (Wildman–Crippen LogP) is 2.84. The largest absolute Gasteiger partial charge is 0.350 e. The molecule has 1 saturated heterocycles. The fraction of sp³-hybridized carbons (Fsp3) is 0.312. The van der Waals surface area contributed by atoms with Gasteiger partial charge in [-0.05, 0) is 31.5 Å². The van der Waals surface area contributed by atoms with Crippen LogP contribution in [0.1, 0.15) is 12.8 Å². The minimum absolute atomic E-state index is 0.349. The number of hydrogen-bond donors (Lipinski definition) is 3. The van der Waals surface area contributed by atoms with Crippen LogP contribution in [0.25, 0.3) is 22.3 Å². The van der Waals surface area contributed by atoms with Gasteiger partial charge in [-0.2, -0.15) is 0 Å². The quantitative estimate of drug-likeness (QED) is 0.689. The van der Waals surface area contributed by atoms with Gasteiger partial charge in [0.15, 0.2) is 0 Å². The summed E-state index contributed by atoms with van der Waals surface area (Å²) in [7, 11) is 0. The van der Waals surface area contributed by atoms with Gasteiger partial charge >= 0.3 is 0 Å². The summed E-state index contributed by atoms with van der Waals surface area (Å²) < 4.78 is 0. The van der Waals surface area contributed by atoms with E-state index in [9.17, 15) is 0 Å². The second kappa shape index (κ2) is 6.14. The Morgan fingerprint density at radius 3 is 3.13 bits per heavy atom. The molecule has 0 aromatic carbocycles. The van der Waals surface area contributed by atoms with E-state index in [1.165, 1.54) is 0 Å². The lowest BCUT2D eigenvalue weighted by atomic mass is 10.1. The molecular formula is C16H17ClN6. The maximum atomic E-state index is 6.33. The zero-order valence-corrected chi connectivity index (χ0v) is 13.3. The Morgan fingerprint density at radius 2 is 2.26 bits per heavy atom. The number of H-pyrrole nitrogens is 1. The molecule has 1 atom stereocenters. The Morgan fingerprint density at radius 1 is 1.30 bits per heavy atom. The van der Waals surface area contributed by atoms with Crippen molar-refractivity contribution in [2.75, 3.05) is 18.4 Å². The Bertz CT molecular complexity index is 824. The second-order valence-corrected chi connectivity index (χ2v) is 6.09. The molecule has 0 spiro atoms. The molecule has 6 nitrogen and oxygen atoms in total. The molecule has 1 fully saturated rings. The molecule has 3 N–H and O–H groups in total. The molecule has 1 aliphatic rings. The zero-order valence-electron chi connectivity index (χ0n) is 12.5. The highest BCUT2D eigenvalue weighted by Crippen LogP contribution is 2.31. The van der Waals surface area contributed by atoms with Crippen LogP contribution in [-0.4, -0.2) is 39.1 Å². The van der Waals surface area contributed by atoms with Crippen LogP contribution in [0.3, 0.4) is 0 Å². The monoisotopic (exact) mass is 328 g/mol. The Hall–Kier alpha value is -2.18. The van der Waals surface area contributed by atoms with E-state index in [0.717, 1.165) is 42.5 Å². The highest BCUT2D eigenvalue weighted by Gasteiger charge is 2.16. The normalized spacial score (nSPS) is 18.2. The fourth-order valence-electron chi connectivity index (χ4n) is 2.94. The average molecular weight is 329 g/mol. The number of piperidine rings is 1. The molecule has 0 bridgehead atoms. The molecule has 3 aromatic rings. The number of rotatable bonds is 3. The summed E-state index contributed by atoms with van der Waals surface area (Å²) in [5.74, 6) is 0.608. The van der Waals surface area contributed by atoms with E-state index >= 15 is 0 Å². The van der Waals surface area contributed by atoms with Crippen LogP contribution >= 0.6 is 11.6 Å². The first-order valence-corrected chi connectivity index (χ1v) is 8.11. The van der Waals surface area contributed by atoms with E-state index in [0.29, 0.717) is 22.7 Å². The van der Waals surface area contributed by atoms with Crippen LogP contribution in [0, 0.1) is 0 Å². The maximum Gasteiger partial charge on any atom is 0.223 e. The van der Waals surface area contributed by atoms with Gasteiger partial charge in [-0.15, -0.1) is 0 Å². The average Bonchev–Trinajstić information content (AvgIpc) is 3.01. The first-order chi connectivity index (χ1) is 11.3. The fourth-order valence-corrected chi connectivity index (χ4v) is 3.13. The molecular weight excluding hydrogens is 312 g/mol. The molecule has 0 amide bonds. The van der Waals surface area contributed by atoms with Crippen molar-refractivity contribution in [1.82, 2.24) is 25.3 Å². The second-order valence-electron chi connectivity index (χ2n) is 5.68. The Kier molecular flexibility index (Phi) is 3.85. The molecule has 3 aromatic heterocycles. The highest BCUT2D eigenvalue weighted by atomic mass is 35.5. The van der Waals surface area contributed by atoms with Crippen LogP contribution < -0.4 is 10.6 Å². The standard InChI is InChI=1S/C16H17ClN6/c17-13-9-21-16(22-10-3-1-5-18-7-10)23-14(13)12-8-20-15-11(12)4-2-6-19-15/h2,4,6,8-10,18H,1,3,5,7H2,(H,19,20)(H,21,22,23)/t10-/m0/s1. The lowest BCUT2D eigenvalue weighted by Crippen LogP contribution is -2.38. The summed E-state index contributed by atoms with van der Waals surface area (Å²) in [6.45, 7) is 2.01. The topological polar surface area (TPSA) is 78.5 Å². The number of nitrogens with one attached hydrogen (secondary N) is 3. The van der Waals surface area contributed by atoms with Gasteiger partial charge in [0.25, 0.3) is 0 Å². The van der Waals surface area contributed by atoms with Crippen molar-refractivity contribution in [1.29, 1.82) is 0 Å². The summed E-state index contributed by atoms with van der Waals surface area (Å²) in [6.07, 6.45) is 7.57. The van der Waals surface area contributed by atoms with Crippen molar-refractivity contribution >= 4 is 28.6 Å². The van der Waals surface area contributed by atoms with Crippen LogP contribution in [0.4, 0.5) is 5.95 Å². The number of hydrogen-bond acceptors (Lipinski definition) is 5. The van der Waals surface area contributed by atoms with Crippen molar-refractivity contribution in [3.8, 4) is 11.3 Å². The third-order valence-electron chi connectivity index (χ3n) is 4.08. The van der Waals surface area contributed by atoms with Gasteiger partial charge < -0.3 is 15.6 Å². The van der Waals surface area contributed by atoms with E-state index in [2.05, 4.69) is 30.6 Å². The maximum absolute atomic E-state index is 6.33. The Balaban J connectivity index is 1.69. The molecule has 0 unspecified atom stereocenters. The van der Waals surface area contributed by atoms with Gasteiger partial charge in [-0.1, -0.05) is 11.6 Å². The molecule has 7 heteroatoms. The van der Waals surface area contributed by atoms with E-state index in [1.54, 1.807) is 12.4 Å². The van der Waals surface area contributed by atoms with E-state index in [-0.39, 0.29) is 0 Å². The number of aromatic nitrogens is 4. The molecule has 1 aliphatic heterocycles. The first-order valence-electron chi connectivity index (χ1n) is 7.73. The van der Waals surface area contributed by atoms with Crippen molar-refractivity contribution in [3.63, 3.8) is 0 Å². The summed E-state index contributed by atoms with van der Waals surface area (Å²) in [6, 6.07) is 4.26. The van der Waals surface area contributed by atoms with Crippen molar-refractivity contribution in [3.05, 3.63) is 35.7 Å². The number of fused-ring (bicyclic) bond motifs is 1. The van der Waals surface area contributed by atoms with Gasteiger partial charge in [-0.3, -0.25) is 0 Å². The minimum atomic E-state index is 0.349. The van der Waals surface area contributed by atoms with E-state index < -0.39 is 0 Å². The van der Waals surface area contributed by atoms with E-state index in [4.69, 9.17) is 11.6 Å². The van der Waals surface area contributed by atoms with Crippen LogP contribution in [0.2, 0.25) is 5.02 Å². The lowest BCUT2D eigenvalue weighted by molar-refractivity contribution is 0.478. The van der Waals surface area contributed by atoms with Gasteiger partial charge in [-0.25, -0.2) is 15.0 Å². The highest BCUT2D eigenvalue weighted by molar-refractivity contribution is 6.33. The van der Waals surface area contributed by atoms with Crippen molar-refractivity contribution < 1.29 is 0 Å². The van der Waals surface area contributed by atoms with Crippen LogP contribution in [-0.2, 0) is 0 Å². The summed E-state index contributed by atoms with van der Waals surface area (Å²) in [5, 5.41) is 8.29. The zero-order chi connectivity index (χ0) is 15.6. The van der Waals surface area contributed by atoms with E-state index in [1.807, 2.05) is 18.3 Å². The molecule has 4 rings (SSSR count). The molecule has 0 saturated carbocycles.